The third kappa shape index (κ3) is 5.25. The van der Waals surface area contributed by atoms with Crippen LogP contribution in [0.4, 0.5) is 15.9 Å². The smallest absolute Gasteiger partial charge is 0.267 e. The van der Waals surface area contributed by atoms with E-state index in [1.54, 1.807) is 48.5 Å². The molecule has 4 heterocycles. The van der Waals surface area contributed by atoms with Gasteiger partial charge in [0.15, 0.2) is 0 Å². The molecule has 8 nitrogen and oxygen atoms in total. The number of benzene rings is 1. The number of halogens is 1. The number of piperazine rings is 1. The average molecular weight is 540 g/mol. The van der Waals surface area contributed by atoms with Crippen LogP contribution < -0.4 is 15.4 Å². The lowest BCUT2D eigenvalue weighted by Gasteiger charge is -2.37. The van der Waals surface area contributed by atoms with Gasteiger partial charge in [-0.2, -0.15) is 0 Å². The summed E-state index contributed by atoms with van der Waals surface area (Å²) in [5.41, 5.74) is 1.60. The van der Waals surface area contributed by atoms with Gasteiger partial charge in [-0.25, -0.2) is 9.37 Å². The molecule has 5 rings (SSSR count). The number of nitrogens with zero attached hydrogens (tertiary/aromatic N) is 5. The van der Waals surface area contributed by atoms with E-state index < -0.39 is 0 Å². The second-order valence-electron chi connectivity index (χ2n) is 8.71. The first kappa shape index (κ1) is 25.4. The maximum absolute atomic E-state index is 13.6. The molecule has 1 amide bonds. The van der Waals surface area contributed by atoms with E-state index in [9.17, 15) is 14.0 Å². The predicted octanol–water partition coefficient (Wildman–Crippen LogP) is 3.40. The molecule has 37 heavy (non-hydrogen) atoms. The molecule has 2 aliphatic rings. The van der Waals surface area contributed by atoms with Crippen LogP contribution in [0.5, 0.6) is 0 Å². The number of pyridine rings is 1. The van der Waals surface area contributed by atoms with Crippen LogP contribution in [0.1, 0.15) is 12.0 Å². The third-order valence-corrected chi connectivity index (χ3v) is 7.78. The van der Waals surface area contributed by atoms with Gasteiger partial charge in [0.05, 0.1) is 10.5 Å². The molecule has 0 aliphatic carbocycles. The third-order valence-electron chi connectivity index (χ3n) is 6.40. The Bertz CT molecular complexity index is 1420. The van der Waals surface area contributed by atoms with Gasteiger partial charge in [0.2, 0.25) is 0 Å². The number of methoxy groups -OCH3 is 1. The summed E-state index contributed by atoms with van der Waals surface area (Å²) < 4.78 is 20.4. The van der Waals surface area contributed by atoms with E-state index >= 15 is 0 Å². The summed E-state index contributed by atoms with van der Waals surface area (Å²) >= 11 is 6.64. The minimum atomic E-state index is -0.267. The minimum absolute atomic E-state index is 0.212. The Labute approximate surface area is 223 Å². The first-order chi connectivity index (χ1) is 18.0. The summed E-state index contributed by atoms with van der Waals surface area (Å²) in [5.74, 6) is 0.0623. The van der Waals surface area contributed by atoms with E-state index in [0.29, 0.717) is 72.0 Å². The zero-order valence-corrected chi connectivity index (χ0v) is 21.9. The van der Waals surface area contributed by atoms with Crippen molar-refractivity contribution in [3.8, 4) is 0 Å². The molecule has 0 unspecified atom stereocenters. The lowest BCUT2D eigenvalue weighted by molar-refractivity contribution is -0.122. The summed E-state index contributed by atoms with van der Waals surface area (Å²) in [6, 6.07) is 11.9. The monoisotopic (exact) mass is 539 g/mol. The number of thiocarbonyl (C=S) groups is 1. The topological polar surface area (TPSA) is 70.4 Å². The molecule has 2 aliphatic heterocycles. The minimum Gasteiger partial charge on any atom is -0.385 e. The van der Waals surface area contributed by atoms with E-state index in [1.807, 2.05) is 6.07 Å². The summed E-state index contributed by atoms with van der Waals surface area (Å²) in [5, 5.41) is 0. The van der Waals surface area contributed by atoms with Crippen molar-refractivity contribution in [2.45, 2.75) is 6.42 Å². The van der Waals surface area contributed by atoms with Crippen LogP contribution in [0.2, 0.25) is 0 Å². The molecule has 3 aromatic rings. The highest BCUT2D eigenvalue weighted by Crippen LogP contribution is 2.34. The largest absolute Gasteiger partial charge is 0.385 e. The van der Waals surface area contributed by atoms with Crippen molar-refractivity contribution in [2.75, 3.05) is 56.2 Å². The van der Waals surface area contributed by atoms with Crippen molar-refractivity contribution in [2.24, 2.45) is 0 Å². The van der Waals surface area contributed by atoms with Crippen LogP contribution >= 0.6 is 24.0 Å². The quantitative estimate of drug-likeness (QED) is 0.257. The first-order valence-corrected chi connectivity index (χ1v) is 13.2. The zero-order chi connectivity index (χ0) is 25.9. The number of carbonyl (C=O) groups excluding carboxylic acids is 1. The number of hydrogen-bond donors (Lipinski definition) is 0. The van der Waals surface area contributed by atoms with Gasteiger partial charge >= 0.3 is 0 Å². The standard InChI is InChI=1S/C26H26FN5O3S2/c1-35-16-4-11-32-25(34)21(37-26(32)36)17-20-23(28-22-5-2-3-10-31(22)24(20)33)30-14-12-29(13-15-30)19-8-6-18(27)7-9-19/h2-3,5-10,17H,4,11-16H2,1H3. The highest BCUT2D eigenvalue weighted by Gasteiger charge is 2.33. The molecular formula is C26H26FN5O3S2. The molecular weight excluding hydrogens is 513 g/mol. The highest BCUT2D eigenvalue weighted by atomic mass is 32.2. The molecule has 0 atom stereocenters. The van der Waals surface area contributed by atoms with Gasteiger partial charge in [0, 0.05) is 58.3 Å². The van der Waals surface area contributed by atoms with E-state index in [0.717, 1.165) is 5.69 Å². The fourth-order valence-electron chi connectivity index (χ4n) is 4.48. The molecule has 0 saturated carbocycles. The lowest BCUT2D eigenvalue weighted by Crippen LogP contribution is -2.47. The summed E-state index contributed by atoms with van der Waals surface area (Å²) in [6.07, 6.45) is 3.97. The summed E-state index contributed by atoms with van der Waals surface area (Å²) in [7, 11) is 1.62. The van der Waals surface area contributed by atoms with Crippen LogP contribution in [0.25, 0.3) is 11.7 Å². The summed E-state index contributed by atoms with van der Waals surface area (Å²) in [4.78, 5) is 37.8. The Balaban J connectivity index is 1.46. The molecule has 2 aromatic heterocycles. The molecule has 0 spiro atoms. The van der Waals surface area contributed by atoms with Crippen LogP contribution in [0.3, 0.4) is 0 Å². The van der Waals surface area contributed by atoms with Gasteiger partial charge < -0.3 is 14.5 Å². The van der Waals surface area contributed by atoms with Gasteiger partial charge in [0.25, 0.3) is 11.5 Å². The number of thioether (sulfide) groups is 1. The number of hydrogen-bond acceptors (Lipinski definition) is 8. The molecule has 2 saturated heterocycles. The number of ether oxygens (including phenoxy) is 1. The predicted molar refractivity (Wildman–Crippen MR) is 149 cm³/mol. The maximum atomic E-state index is 13.6. The Morgan fingerprint density at radius 3 is 2.54 bits per heavy atom. The van der Waals surface area contributed by atoms with E-state index in [4.69, 9.17) is 21.9 Å². The Hall–Kier alpha value is -3.28. The number of anilines is 2. The fourth-order valence-corrected chi connectivity index (χ4v) is 5.77. The molecule has 11 heteroatoms. The first-order valence-electron chi connectivity index (χ1n) is 12.0. The second-order valence-corrected chi connectivity index (χ2v) is 10.4. The van der Waals surface area contributed by atoms with Crippen molar-refractivity contribution < 1.29 is 13.9 Å². The van der Waals surface area contributed by atoms with Crippen molar-refractivity contribution in [1.29, 1.82) is 0 Å². The van der Waals surface area contributed by atoms with Crippen LogP contribution in [-0.2, 0) is 9.53 Å². The van der Waals surface area contributed by atoms with Crippen molar-refractivity contribution in [3.05, 3.63) is 75.3 Å². The SMILES string of the molecule is COCCCN1C(=O)C(=Cc2c(N3CCN(c4ccc(F)cc4)CC3)nc3ccccn3c2=O)SC1=S. The van der Waals surface area contributed by atoms with Crippen molar-refractivity contribution >= 4 is 57.4 Å². The van der Waals surface area contributed by atoms with Gasteiger partial charge in [-0.15, -0.1) is 0 Å². The Kier molecular flexibility index (Phi) is 7.54. The zero-order valence-electron chi connectivity index (χ0n) is 20.3. The number of carbonyl (C=O) groups is 1. The molecule has 1 aromatic carbocycles. The van der Waals surface area contributed by atoms with E-state index in [2.05, 4.69) is 9.80 Å². The van der Waals surface area contributed by atoms with Gasteiger partial charge in [-0.1, -0.05) is 30.0 Å². The van der Waals surface area contributed by atoms with E-state index in [1.165, 1.54) is 28.3 Å². The molecule has 0 N–H and O–H groups in total. The number of amides is 1. The van der Waals surface area contributed by atoms with Crippen LogP contribution in [-0.4, -0.2) is 71.0 Å². The van der Waals surface area contributed by atoms with E-state index in [-0.39, 0.29) is 17.3 Å². The average Bonchev–Trinajstić information content (AvgIpc) is 3.18. The van der Waals surface area contributed by atoms with Gasteiger partial charge in [-0.3, -0.25) is 18.9 Å². The lowest BCUT2D eigenvalue weighted by atomic mass is 10.2. The van der Waals surface area contributed by atoms with Crippen molar-refractivity contribution in [3.63, 3.8) is 0 Å². The van der Waals surface area contributed by atoms with Gasteiger partial charge in [-0.05, 0) is 48.9 Å². The normalized spacial score (nSPS) is 17.5. The Morgan fingerprint density at radius 2 is 1.81 bits per heavy atom. The highest BCUT2D eigenvalue weighted by molar-refractivity contribution is 8.26. The van der Waals surface area contributed by atoms with Crippen molar-refractivity contribution in [1.82, 2.24) is 14.3 Å². The molecule has 192 valence electrons. The molecule has 0 radical (unpaired) electrons. The summed E-state index contributed by atoms with van der Waals surface area (Å²) in [6.45, 7) is 3.59. The number of aromatic nitrogens is 2. The van der Waals surface area contributed by atoms with Crippen LogP contribution in [0.15, 0.2) is 58.4 Å². The number of fused-ring (bicyclic) bond motifs is 1. The molecule has 2 fully saturated rings. The number of rotatable bonds is 7. The maximum Gasteiger partial charge on any atom is 0.267 e. The second kappa shape index (κ2) is 11.0. The van der Waals surface area contributed by atoms with Crippen LogP contribution in [0, 0.1) is 5.82 Å². The Morgan fingerprint density at radius 1 is 1.08 bits per heavy atom. The molecule has 0 bridgehead atoms. The fraction of sp³-hybridized carbons (Fsp3) is 0.308. The van der Waals surface area contributed by atoms with Gasteiger partial charge in [0.1, 0.15) is 21.6 Å².